The van der Waals surface area contributed by atoms with Gasteiger partial charge in [-0.25, -0.2) is 0 Å². The largest absolute Gasteiger partial charge is 0.354 e. The first-order chi connectivity index (χ1) is 9.57. The summed E-state index contributed by atoms with van der Waals surface area (Å²) in [7, 11) is 0. The average Bonchev–Trinajstić information content (AvgIpc) is 3.23. The van der Waals surface area contributed by atoms with Crippen LogP contribution in [-0.4, -0.2) is 30.5 Å². The highest BCUT2D eigenvalue weighted by Crippen LogP contribution is 2.48. The van der Waals surface area contributed by atoms with Crippen LogP contribution in [0.5, 0.6) is 0 Å². The summed E-state index contributed by atoms with van der Waals surface area (Å²) in [5.74, 6) is 0.895. The van der Waals surface area contributed by atoms with Crippen molar-refractivity contribution in [2.75, 3.05) is 18.6 Å². The Labute approximate surface area is 145 Å². The van der Waals surface area contributed by atoms with Gasteiger partial charge in [0.2, 0.25) is 5.91 Å². The number of hydrogen-bond acceptors (Lipinski definition) is 3. The van der Waals surface area contributed by atoms with Crippen molar-refractivity contribution >= 4 is 46.0 Å². The Balaban J connectivity index is 0.00000220. The van der Waals surface area contributed by atoms with Crippen LogP contribution in [0.1, 0.15) is 24.8 Å². The van der Waals surface area contributed by atoms with Crippen LogP contribution < -0.4 is 11.1 Å². The minimum atomic E-state index is -0.388. The molecule has 1 aromatic rings. The summed E-state index contributed by atoms with van der Waals surface area (Å²) in [6, 6.07) is 7.97. The zero-order valence-electron chi connectivity index (χ0n) is 12.1. The van der Waals surface area contributed by atoms with Gasteiger partial charge in [-0.2, -0.15) is 11.8 Å². The van der Waals surface area contributed by atoms with Crippen molar-refractivity contribution in [3.63, 3.8) is 0 Å². The number of amides is 1. The Morgan fingerprint density at radius 3 is 2.81 bits per heavy atom. The molecule has 0 spiro atoms. The third kappa shape index (κ3) is 5.16. The highest BCUT2D eigenvalue weighted by molar-refractivity contribution is 9.10. The maximum atomic E-state index is 12.0. The predicted octanol–water partition coefficient (Wildman–Crippen LogP) is 3.10. The summed E-state index contributed by atoms with van der Waals surface area (Å²) >= 11 is 5.22. The van der Waals surface area contributed by atoms with Crippen molar-refractivity contribution in [2.45, 2.75) is 30.7 Å². The van der Waals surface area contributed by atoms with Crippen LogP contribution in [0.25, 0.3) is 0 Å². The molecule has 1 fully saturated rings. The van der Waals surface area contributed by atoms with Gasteiger partial charge in [0.15, 0.2) is 0 Å². The number of rotatable bonds is 7. The zero-order chi connectivity index (χ0) is 14.6. The molecule has 21 heavy (non-hydrogen) atoms. The van der Waals surface area contributed by atoms with Crippen LogP contribution in [-0.2, 0) is 10.2 Å². The molecule has 1 aromatic carbocycles. The van der Waals surface area contributed by atoms with Crippen LogP contribution in [0.3, 0.4) is 0 Å². The molecule has 1 saturated carbocycles. The number of halogens is 2. The number of nitrogens with one attached hydrogen (secondary N) is 1. The molecule has 1 atom stereocenters. The predicted molar refractivity (Wildman–Crippen MR) is 96.3 cm³/mol. The molecule has 3 nitrogen and oxygen atoms in total. The SMILES string of the molecule is CSCC[C@H](N)C(=O)NCC1(c2cccc(Br)c2)CC1.Cl. The van der Waals surface area contributed by atoms with Crippen LogP contribution in [0.4, 0.5) is 0 Å². The van der Waals surface area contributed by atoms with Gasteiger partial charge in [0.1, 0.15) is 0 Å². The molecule has 3 N–H and O–H groups in total. The average molecular weight is 394 g/mol. The van der Waals surface area contributed by atoms with E-state index in [4.69, 9.17) is 5.73 Å². The lowest BCUT2D eigenvalue weighted by atomic mass is 9.96. The fraction of sp³-hybridized carbons (Fsp3) is 0.533. The zero-order valence-corrected chi connectivity index (χ0v) is 15.3. The summed E-state index contributed by atoms with van der Waals surface area (Å²) in [5.41, 5.74) is 7.30. The second kappa shape index (κ2) is 8.42. The van der Waals surface area contributed by atoms with Crippen molar-refractivity contribution in [2.24, 2.45) is 5.73 Å². The number of hydrogen-bond donors (Lipinski definition) is 2. The Kier molecular flexibility index (Phi) is 7.54. The third-order valence-corrected chi connectivity index (χ3v) is 5.00. The molecule has 0 unspecified atom stereocenters. The fourth-order valence-electron chi connectivity index (χ4n) is 2.30. The molecular weight excluding hydrogens is 372 g/mol. The maximum absolute atomic E-state index is 12.0. The van der Waals surface area contributed by atoms with Gasteiger partial charge in [-0.05, 0) is 49.0 Å². The van der Waals surface area contributed by atoms with E-state index < -0.39 is 0 Å². The molecule has 118 valence electrons. The first-order valence-electron chi connectivity index (χ1n) is 6.86. The van der Waals surface area contributed by atoms with E-state index in [9.17, 15) is 4.79 Å². The number of benzene rings is 1. The van der Waals surface area contributed by atoms with Crippen LogP contribution in [0.2, 0.25) is 0 Å². The highest BCUT2D eigenvalue weighted by atomic mass is 79.9. The molecule has 1 amide bonds. The van der Waals surface area contributed by atoms with E-state index in [1.54, 1.807) is 11.8 Å². The molecule has 0 bridgehead atoms. The Hall–Kier alpha value is -0.230. The molecule has 0 aromatic heterocycles. The van der Waals surface area contributed by atoms with Gasteiger partial charge >= 0.3 is 0 Å². The first kappa shape index (κ1) is 18.8. The summed E-state index contributed by atoms with van der Waals surface area (Å²) in [4.78, 5) is 12.0. The Bertz CT molecular complexity index is 482. The van der Waals surface area contributed by atoms with Crippen molar-refractivity contribution in [3.05, 3.63) is 34.3 Å². The number of carbonyl (C=O) groups is 1. The fourth-order valence-corrected chi connectivity index (χ4v) is 3.19. The van der Waals surface area contributed by atoms with E-state index in [-0.39, 0.29) is 29.8 Å². The number of nitrogens with two attached hydrogens (primary N) is 1. The van der Waals surface area contributed by atoms with Crippen LogP contribution >= 0.6 is 40.1 Å². The number of thioether (sulfide) groups is 1. The molecule has 1 aliphatic rings. The molecule has 1 aliphatic carbocycles. The van der Waals surface area contributed by atoms with Crippen molar-refractivity contribution in [1.82, 2.24) is 5.32 Å². The molecule has 0 radical (unpaired) electrons. The highest BCUT2D eigenvalue weighted by Gasteiger charge is 2.44. The van der Waals surface area contributed by atoms with Gasteiger partial charge in [0.05, 0.1) is 6.04 Å². The van der Waals surface area contributed by atoms with E-state index in [1.807, 2.05) is 18.4 Å². The minimum absolute atomic E-state index is 0. The monoisotopic (exact) mass is 392 g/mol. The molecular formula is C15H22BrClN2OS. The summed E-state index contributed by atoms with van der Waals surface area (Å²) in [6.07, 6.45) is 5.02. The van der Waals surface area contributed by atoms with E-state index in [0.29, 0.717) is 6.54 Å². The van der Waals surface area contributed by atoms with Crippen molar-refractivity contribution in [3.8, 4) is 0 Å². The van der Waals surface area contributed by atoms with Gasteiger partial charge < -0.3 is 11.1 Å². The second-order valence-electron chi connectivity index (χ2n) is 5.40. The quantitative estimate of drug-likeness (QED) is 0.748. The van der Waals surface area contributed by atoms with E-state index >= 15 is 0 Å². The van der Waals surface area contributed by atoms with Crippen LogP contribution in [0, 0.1) is 0 Å². The van der Waals surface area contributed by atoms with Gasteiger partial charge in [0, 0.05) is 16.4 Å². The van der Waals surface area contributed by atoms with E-state index in [1.165, 1.54) is 5.56 Å². The van der Waals surface area contributed by atoms with Crippen molar-refractivity contribution in [1.29, 1.82) is 0 Å². The van der Waals surface area contributed by atoms with Gasteiger partial charge in [0.25, 0.3) is 0 Å². The van der Waals surface area contributed by atoms with Gasteiger partial charge in [-0.15, -0.1) is 12.4 Å². The standard InChI is InChI=1S/C15H21BrN2OS.ClH/c1-20-8-5-13(17)14(19)18-10-15(6-7-15)11-3-2-4-12(16)9-11;/h2-4,9,13H,5-8,10,17H2,1H3,(H,18,19);1H/t13-;/m0./s1. The van der Waals surface area contributed by atoms with Gasteiger partial charge in [-0.3, -0.25) is 4.79 Å². The lowest BCUT2D eigenvalue weighted by Gasteiger charge is -2.19. The molecule has 0 aliphatic heterocycles. The lowest BCUT2D eigenvalue weighted by Crippen LogP contribution is -2.43. The Morgan fingerprint density at radius 1 is 1.52 bits per heavy atom. The molecule has 2 rings (SSSR count). The molecule has 0 heterocycles. The second-order valence-corrected chi connectivity index (χ2v) is 7.30. The van der Waals surface area contributed by atoms with E-state index in [0.717, 1.165) is 29.5 Å². The smallest absolute Gasteiger partial charge is 0.236 e. The minimum Gasteiger partial charge on any atom is -0.354 e. The van der Waals surface area contributed by atoms with E-state index in [2.05, 4.69) is 33.4 Å². The third-order valence-electron chi connectivity index (χ3n) is 3.86. The first-order valence-corrected chi connectivity index (χ1v) is 9.04. The summed E-state index contributed by atoms with van der Waals surface area (Å²) in [6.45, 7) is 0.690. The number of carbonyl (C=O) groups excluding carboxylic acids is 1. The van der Waals surface area contributed by atoms with Crippen LogP contribution in [0.15, 0.2) is 28.7 Å². The van der Waals surface area contributed by atoms with Crippen molar-refractivity contribution < 1.29 is 4.79 Å². The maximum Gasteiger partial charge on any atom is 0.236 e. The summed E-state index contributed by atoms with van der Waals surface area (Å²) < 4.78 is 1.09. The summed E-state index contributed by atoms with van der Waals surface area (Å²) in [5, 5.41) is 3.02. The molecule has 0 saturated heterocycles. The lowest BCUT2D eigenvalue weighted by molar-refractivity contribution is -0.122. The Morgan fingerprint density at radius 2 is 2.24 bits per heavy atom. The topological polar surface area (TPSA) is 55.1 Å². The molecule has 6 heteroatoms. The normalized spacial score (nSPS) is 16.7. The van der Waals surface area contributed by atoms with Gasteiger partial charge in [-0.1, -0.05) is 28.1 Å².